The minimum absolute atomic E-state index is 0.0149. The molecule has 1 N–H and O–H groups in total. The summed E-state index contributed by atoms with van der Waals surface area (Å²) in [5.74, 6) is 0.562. The van der Waals surface area contributed by atoms with Crippen LogP contribution in [0.4, 0.5) is 0 Å². The number of hydrogen-bond donors (Lipinski definition) is 1. The largest absolute Gasteiger partial charge is 0.506 e. The molecule has 1 aliphatic rings. The van der Waals surface area contributed by atoms with Crippen molar-refractivity contribution in [2.24, 2.45) is 0 Å². The van der Waals surface area contributed by atoms with Gasteiger partial charge < -0.3 is 9.84 Å². The maximum absolute atomic E-state index is 11.6. The summed E-state index contributed by atoms with van der Waals surface area (Å²) < 4.78 is 5.71. The maximum Gasteiger partial charge on any atom is 0.166 e. The van der Waals surface area contributed by atoms with Crippen molar-refractivity contribution in [1.29, 1.82) is 0 Å². The SMILES string of the molecule is CCC(=O)c1ccc2c(c1O)C=CC(C)(C)O2. The van der Waals surface area contributed by atoms with Crippen molar-refractivity contribution in [3.8, 4) is 11.5 Å². The fourth-order valence-corrected chi connectivity index (χ4v) is 1.86. The highest BCUT2D eigenvalue weighted by Crippen LogP contribution is 2.38. The Labute approximate surface area is 101 Å². The first-order chi connectivity index (χ1) is 7.94. The van der Waals surface area contributed by atoms with E-state index in [0.29, 0.717) is 23.3 Å². The third kappa shape index (κ3) is 2.05. The number of fused-ring (bicyclic) bond motifs is 1. The van der Waals surface area contributed by atoms with Gasteiger partial charge in [-0.15, -0.1) is 0 Å². The maximum atomic E-state index is 11.6. The number of carbonyl (C=O) groups is 1. The number of ether oxygens (including phenoxy) is 1. The normalized spacial score (nSPS) is 16.2. The molecule has 3 nitrogen and oxygen atoms in total. The van der Waals surface area contributed by atoms with Gasteiger partial charge in [0.15, 0.2) is 5.78 Å². The van der Waals surface area contributed by atoms with Crippen molar-refractivity contribution in [2.45, 2.75) is 32.8 Å². The van der Waals surface area contributed by atoms with E-state index in [-0.39, 0.29) is 17.1 Å². The number of benzene rings is 1. The molecule has 0 saturated carbocycles. The van der Waals surface area contributed by atoms with E-state index in [1.165, 1.54) is 0 Å². The van der Waals surface area contributed by atoms with E-state index >= 15 is 0 Å². The third-order valence-electron chi connectivity index (χ3n) is 2.82. The number of phenolic OH excluding ortho intramolecular Hbond substituents is 1. The first-order valence-electron chi connectivity index (χ1n) is 5.72. The van der Waals surface area contributed by atoms with Crippen LogP contribution in [0.1, 0.15) is 43.1 Å². The van der Waals surface area contributed by atoms with Gasteiger partial charge in [-0.3, -0.25) is 4.79 Å². The second-order valence-electron chi connectivity index (χ2n) is 4.69. The summed E-state index contributed by atoms with van der Waals surface area (Å²) in [5, 5.41) is 10.1. The van der Waals surface area contributed by atoms with E-state index in [4.69, 9.17) is 4.74 Å². The Balaban J connectivity index is 2.51. The second kappa shape index (κ2) is 3.91. The van der Waals surface area contributed by atoms with Crippen LogP contribution in [0.2, 0.25) is 0 Å². The number of ketones is 1. The Hall–Kier alpha value is -1.77. The predicted molar refractivity (Wildman–Crippen MR) is 66.5 cm³/mol. The van der Waals surface area contributed by atoms with Gasteiger partial charge in [-0.2, -0.15) is 0 Å². The first-order valence-corrected chi connectivity index (χ1v) is 5.72. The minimum Gasteiger partial charge on any atom is -0.506 e. The Morgan fingerprint density at radius 2 is 2.12 bits per heavy atom. The van der Waals surface area contributed by atoms with Crippen LogP contribution >= 0.6 is 0 Å². The van der Waals surface area contributed by atoms with Gasteiger partial charge in [-0.25, -0.2) is 0 Å². The van der Waals surface area contributed by atoms with Crippen molar-refractivity contribution in [2.75, 3.05) is 0 Å². The molecule has 0 bridgehead atoms. The van der Waals surface area contributed by atoms with Crippen molar-refractivity contribution < 1.29 is 14.6 Å². The lowest BCUT2D eigenvalue weighted by molar-refractivity contribution is 0.0985. The molecule has 17 heavy (non-hydrogen) atoms. The molecular formula is C14H16O3. The van der Waals surface area contributed by atoms with Crippen molar-refractivity contribution in [1.82, 2.24) is 0 Å². The van der Waals surface area contributed by atoms with Gasteiger partial charge in [0.05, 0.1) is 11.1 Å². The third-order valence-corrected chi connectivity index (χ3v) is 2.82. The quantitative estimate of drug-likeness (QED) is 0.797. The summed E-state index contributed by atoms with van der Waals surface area (Å²) in [6.07, 6.45) is 4.05. The molecular weight excluding hydrogens is 216 g/mol. The van der Waals surface area contributed by atoms with Crippen LogP contribution in [0.5, 0.6) is 11.5 Å². The molecule has 2 rings (SSSR count). The average molecular weight is 232 g/mol. The average Bonchev–Trinajstić information content (AvgIpc) is 2.27. The van der Waals surface area contributed by atoms with Crippen molar-refractivity contribution >= 4 is 11.9 Å². The van der Waals surface area contributed by atoms with Gasteiger partial charge in [-0.05, 0) is 38.1 Å². The van der Waals surface area contributed by atoms with E-state index in [2.05, 4.69) is 0 Å². The molecule has 0 aliphatic carbocycles. The van der Waals surface area contributed by atoms with Crippen LogP contribution in [0.3, 0.4) is 0 Å². The van der Waals surface area contributed by atoms with Crippen molar-refractivity contribution in [3.05, 3.63) is 29.3 Å². The topological polar surface area (TPSA) is 46.5 Å². The summed E-state index contributed by atoms with van der Waals surface area (Å²) >= 11 is 0. The Morgan fingerprint density at radius 3 is 2.76 bits per heavy atom. The van der Waals surface area contributed by atoms with Crippen LogP contribution < -0.4 is 4.74 Å². The van der Waals surface area contributed by atoms with Crippen LogP contribution in [0.15, 0.2) is 18.2 Å². The van der Waals surface area contributed by atoms with Gasteiger partial charge in [0.25, 0.3) is 0 Å². The zero-order valence-electron chi connectivity index (χ0n) is 10.3. The second-order valence-corrected chi connectivity index (χ2v) is 4.69. The molecule has 0 amide bonds. The highest BCUT2D eigenvalue weighted by Gasteiger charge is 2.25. The van der Waals surface area contributed by atoms with E-state index in [1.807, 2.05) is 19.9 Å². The summed E-state index contributed by atoms with van der Waals surface area (Å²) in [6, 6.07) is 3.36. The number of carbonyl (C=O) groups excluding carboxylic acids is 1. The number of phenols is 1. The molecule has 0 spiro atoms. The summed E-state index contributed by atoms with van der Waals surface area (Å²) in [4.78, 5) is 11.6. The number of hydrogen-bond acceptors (Lipinski definition) is 3. The molecule has 3 heteroatoms. The summed E-state index contributed by atoms with van der Waals surface area (Å²) in [7, 11) is 0. The molecule has 0 radical (unpaired) electrons. The number of rotatable bonds is 2. The molecule has 1 aromatic carbocycles. The standard InChI is InChI=1S/C14H16O3/c1-4-11(15)9-5-6-12-10(13(9)16)7-8-14(2,3)17-12/h5-8,16H,4H2,1-3H3. The lowest BCUT2D eigenvalue weighted by Crippen LogP contribution is -2.27. The monoisotopic (exact) mass is 232 g/mol. The Bertz CT molecular complexity index is 498. The van der Waals surface area contributed by atoms with Gasteiger partial charge in [0.2, 0.25) is 0 Å². The molecule has 0 saturated heterocycles. The van der Waals surface area contributed by atoms with Crippen LogP contribution in [-0.2, 0) is 0 Å². The fraction of sp³-hybridized carbons (Fsp3) is 0.357. The van der Waals surface area contributed by atoms with E-state index in [1.54, 1.807) is 25.1 Å². The van der Waals surface area contributed by atoms with Gasteiger partial charge in [-0.1, -0.05) is 6.92 Å². The Kier molecular flexibility index (Phi) is 2.69. The zero-order chi connectivity index (χ0) is 12.6. The van der Waals surface area contributed by atoms with Crippen LogP contribution in [-0.4, -0.2) is 16.5 Å². The van der Waals surface area contributed by atoms with Gasteiger partial charge in [0, 0.05) is 6.42 Å². The minimum atomic E-state index is -0.379. The van der Waals surface area contributed by atoms with Gasteiger partial charge in [0.1, 0.15) is 17.1 Å². The molecule has 0 atom stereocenters. The number of aromatic hydroxyl groups is 1. The molecule has 90 valence electrons. The summed E-state index contributed by atoms with van der Waals surface area (Å²) in [6.45, 7) is 5.65. The molecule has 0 unspecified atom stereocenters. The fourth-order valence-electron chi connectivity index (χ4n) is 1.86. The lowest BCUT2D eigenvalue weighted by Gasteiger charge is -2.28. The molecule has 1 heterocycles. The van der Waals surface area contributed by atoms with Crippen LogP contribution in [0, 0.1) is 0 Å². The first kappa shape index (κ1) is 11.7. The van der Waals surface area contributed by atoms with Crippen molar-refractivity contribution in [3.63, 3.8) is 0 Å². The molecule has 1 aromatic rings. The lowest BCUT2D eigenvalue weighted by atomic mass is 9.98. The van der Waals surface area contributed by atoms with Crippen LogP contribution in [0.25, 0.3) is 6.08 Å². The molecule has 0 aromatic heterocycles. The smallest absolute Gasteiger partial charge is 0.166 e. The van der Waals surface area contributed by atoms with Gasteiger partial charge >= 0.3 is 0 Å². The molecule has 1 aliphatic heterocycles. The highest BCUT2D eigenvalue weighted by atomic mass is 16.5. The van der Waals surface area contributed by atoms with E-state index < -0.39 is 0 Å². The zero-order valence-corrected chi connectivity index (χ0v) is 10.3. The highest BCUT2D eigenvalue weighted by molar-refractivity contribution is 6.00. The molecule has 0 fully saturated rings. The Morgan fingerprint density at radius 1 is 1.41 bits per heavy atom. The number of Topliss-reactive ketones (excluding diaryl/α,β-unsaturated/α-hetero) is 1. The van der Waals surface area contributed by atoms with E-state index in [9.17, 15) is 9.90 Å². The van der Waals surface area contributed by atoms with E-state index in [0.717, 1.165) is 0 Å². The summed E-state index contributed by atoms with van der Waals surface area (Å²) in [5.41, 5.74) is 0.568. The predicted octanol–water partition coefficient (Wildman–Crippen LogP) is 3.17.